The first-order valence-corrected chi connectivity index (χ1v) is 44.4. The van der Waals surface area contributed by atoms with Crippen molar-refractivity contribution in [1.29, 1.82) is 0 Å². The lowest BCUT2D eigenvalue weighted by Crippen LogP contribution is -1.98. The molecular formula is C122H76N8. The largest absolute Gasteiger partial charge is 0.309 e. The first-order chi connectivity index (χ1) is 64.4. The summed E-state index contributed by atoms with van der Waals surface area (Å²) in [4.78, 5) is 21.2. The number of benzene rings is 21. The van der Waals surface area contributed by atoms with Gasteiger partial charge in [0.15, 0.2) is 0 Å². The summed E-state index contributed by atoms with van der Waals surface area (Å²) in [6.45, 7) is 0. The predicted octanol–water partition coefficient (Wildman–Crippen LogP) is 31.9. The summed E-state index contributed by atoms with van der Waals surface area (Å²) in [5.74, 6) is 0. The van der Waals surface area contributed by atoms with Crippen LogP contribution in [0, 0.1) is 0 Å². The van der Waals surface area contributed by atoms with Crippen LogP contribution in [0.4, 0.5) is 0 Å². The van der Waals surface area contributed by atoms with Crippen molar-refractivity contribution in [3.05, 3.63) is 461 Å². The van der Waals surface area contributed by atoms with Crippen LogP contribution >= 0.6 is 0 Å². The van der Waals surface area contributed by atoms with Crippen molar-refractivity contribution in [3.63, 3.8) is 0 Å². The molecule has 0 amide bonds. The second-order valence-electron chi connectivity index (χ2n) is 34.0. The van der Waals surface area contributed by atoms with Gasteiger partial charge in [-0.05, 0) is 240 Å². The van der Waals surface area contributed by atoms with E-state index >= 15 is 0 Å². The molecule has 604 valence electrons. The Morgan fingerprint density at radius 1 is 0.123 bits per heavy atom. The lowest BCUT2D eigenvalue weighted by Gasteiger charge is -2.15. The monoisotopic (exact) mass is 1650 g/mol. The molecule has 27 aromatic rings. The Labute approximate surface area is 747 Å². The van der Waals surface area contributed by atoms with Crippen molar-refractivity contribution >= 4 is 152 Å². The molecule has 0 aliphatic carbocycles. The highest BCUT2D eigenvalue weighted by molar-refractivity contribution is 6.19. The van der Waals surface area contributed by atoms with Gasteiger partial charge in [-0.1, -0.05) is 297 Å². The van der Waals surface area contributed by atoms with Crippen LogP contribution in [0.5, 0.6) is 0 Å². The summed E-state index contributed by atoms with van der Waals surface area (Å²) < 4.78 is 9.72. The van der Waals surface area contributed by atoms with E-state index in [1.165, 1.54) is 125 Å². The standard InChI is InChI=1S/C64H40N4.C58H36N4/c1-3-15-41(16-4-1)48-33-49(42-17-5-2-6-18-42)35-50(34-48)64-63(65-57-24-12-13-25-58(57)66-64)43-27-29-51(30-28-43)67-60-32-31-52(40-56(60)55-37-45-20-8-10-22-47(45)39-62(55)67)68-59-26-14-11-23-53(59)54-36-44-19-7-9-21-46(44)38-61(54)68;1-2-12-37(13-3-1)38-22-24-39(25-23-38)57-58(60-52-20-10-9-19-51(52)59-57)40-26-28-45(29-27-40)61-54-31-30-46(36-50(54)49-33-42-15-5-7-17-44(42)35-56(49)61)62-53-21-11-8-18-47(53)48-32-41-14-4-6-16-43(41)34-55(48)62/h1-40H;1-36H. The molecule has 0 bridgehead atoms. The van der Waals surface area contributed by atoms with Crippen LogP contribution in [-0.4, -0.2) is 38.2 Å². The van der Waals surface area contributed by atoms with E-state index in [2.05, 4.69) is 437 Å². The third kappa shape index (κ3) is 12.4. The Morgan fingerprint density at radius 3 is 0.692 bits per heavy atom. The summed E-state index contributed by atoms with van der Waals surface area (Å²) in [6, 6.07) is 166. The fourth-order valence-electron chi connectivity index (χ4n) is 20.2. The summed E-state index contributed by atoms with van der Waals surface area (Å²) in [5, 5.41) is 19.7. The number of aromatic nitrogens is 8. The minimum Gasteiger partial charge on any atom is -0.309 e. The van der Waals surface area contributed by atoms with Gasteiger partial charge in [0.2, 0.25) is 0 Å². The second kappa shape index (κ2) is 30.2. The molecule has 0 saturated carbocycles. The average Bonchev–Trinajstić information content (AvgIpc) is 1.54. The van der Waals surface area contributed by atoms with Gasteiger partial charge < -0.3 is 18.3 Å². The van der Waals surface area contributed by atoms with Crippen molar-refractivity contribution in [2.75, 3.05) is 0 Å². The number of rotatable bonds is 11. The smallest absolute Gasteiger partial charge is 0.0973 e. The molecule has 0 aliphatic rings. The van der Waals surface area contributed by atoms with E-state index in [-0.39, 0.29) is 0 Å². The fraction of sp³-hybridized carbons (Fsp3) is 0. The number of hydrogen-bond acceptors (Lipinski definition) is 4. The maximum atomic E-state index is 5.39. The molecule has 8 heteroatoms. The molecule has 0 radical (unpaired) electrons. The second-order valence-corrected chi connectivity index (χ2v) is 34.0. The van der Waals surface area contributed by atoms with Gasteiger partial charge in [-0.25, -0.2) is 19.9 Å². The van der Waals surface area contributed by atoms with Crippen LogP contribution in [0.25, 0.3) is 254 Å². The molecule has 0 N–H and O–H groups in total. The lowest BCUT2D eigenvalue weighted by molar-refractivity contribution is 1.17. The van der Waals surface area contributed by atoms with Crippen molar-refractivity contribution in [1.82, 2.24) is 38.2 Å². The summed E-state index contributed by atoms with van der Waals surface area (Å²) in [5.41, 5.74) is 31.8. The van der Waals surface area contributed by atoms with Gasteiger partial charge in [-0.3, -0.25) is 0 Å². The topological polar surface area (TPSA) is 71.3 Å². The molecule has 21 aromatic carbocycles. The van der Waals surface area contributed by atoms with Gasteiger partial charge in [0.05, 0.1) is 89.0 Å². The Bertz CT molecular complexity index is 9210. The van der Waals surface area contributed by atoms with Crippen molar-refractivity contribution < 1.29 is 0 Å². The van der Waals surface area contributed by atoms with Crippen molar-refractivity contribution in [2.24, 2.45) is 0 Å². The molecule has 0 saturated heterocycles. The van der Waals surface area contributed by atoms with E-state index in [9.17, 15) is 0 Å². The number of hydrogen-bond donors (Lipinski definition) is 0. The Morgan fingerprint density at radius 2 is 0.346 bits per heavy atom. The molecule has 6 aromatic heterocycles. The minimum atomic E-state index is 0.844. The number of fused-ring (bicyclic) bond motifs is 18. The molecule has 6 heterocycles. The third-order valence-corrected chi connectivity index (χ3v) is 26.5. The zero-order chi connectivity index (χ0) is 85.4. The lowest BCUT2D eigenvalue weighted by atomic mass is 9.93. The zero-order valence-electron chi connectivity index (χ0n) is 70.5. The quantitative estimate of drug-likeness (QED) is 0.129. The van der Waals surface area contributed by atoms with E-state index in [1.807, 2.05) is 42.5 Å². The van der Waals surface area contributed by atoms with Gasteiger partial charge in [0, 0.05) is 88.1 Å². The normalized spacial score (nSPS) is 11.8. The molecule has 0 unspecified atom stereocenters. The van der Waals surface area contributed by atoms with E-state index in [4.69, 9.17) is 19.9 Å². The maximum absolute atomic E-state index is 5.39. The number of nitrogens with zero attached hydrogens (tertiary/aromatic N) is 8. The van der Waals surface area contributed by atoms with Gasteiger partial charge in [0.25, 0.3) is 0 Å². The summed E-state index contributed by atoms with van der Waals surface area (Å²) >= 11 is 0. The van der Waals surface area contributed by atoms with E-state index in [0.29, 0.717) is 0 Å². The molecule has 0 spiro atoms. The zero-order valence-corrected chi connectivity index (χ0v) is 70.5. The highest BCUT2D eigenvalue weighted by Crippen LogP contribution is 2.46. The highest BCUT2D eigenvalue weighted by atomic mass is 15.0. The van der Waals surface area contributed by atoms with E-state index < -0.39 is 0 Å². The van der Waals surface area contributed by atoms with Gasteiger partial charge in [-0.15, -0.1) is 0 Å². The molecule has 8 nitrogen and oxygen atoms in total. The third-order valence-electron chi connectivity index (χ3n) is 26.5. The van der Waals surface area contributed by atoms with Crippen molar-refractivity contribution in [2.45, 2.75) is 0 Å². The molecule has 0 atom stereocenters. The molecule has 130 heavy (non-hydrogen) atoms. The van der Waals surface area contributed by atoms with Crippen LogP contribution in [0.3, 0.4) is 0 Å². The van der Waals surface area contributed by atoms with Gasteiger partial charge in [0.1, 0.15) is 0 Å². The first kappa shape index (κ1) is 74.0. The van der Waals surface area contributed by atoms with Crippen LogP contribution in [0.1, 0.15) is 0 Å². The highest BCUT2D eigenvalue weighted by Gasteiger charge is 2.25. The maximum Gasteiger partial charge on any atom is 0.0973 e. The van der Waals surface area contributed by atoms with E-state index in [1.54, 1.807) is 0 Å². The van der Waals surface area contributed by atoms with E-state index in [0.717, 1.165) is 129 Å². The minimum absolute atomic E-state index is 0.844. The summed E-state index contributed by atoms with van der Waals surface area (Å²) in [7, 11) is 0. The Kier molecular flexibility index (Phi) is 17.2. The van der Waals surface area contributed by atoms with Crippen LogP contribution in [-0.2, 0) is 0 Å². The van der Waals surface area contributed by atoms with Crippen molar-refractivity contribution in [3.8, 4) is 101 Å². The predicted molar refractivity (Wildman–Crippen MR) is 545 cm³/mol. The van der Waals surface area contributed by atoms with Gasteiger partial charge in [-0.2, -0.15) is 0 Å². The average molecular weight is 1650 g/mol. The SMILES string of the molecule is c1ccc(-c2cc(-c3ccccc3)cc(-c3nc4ccccc4nc3-c3ccc(-n4c5ccc(-n6c7ccccc7c7cc8ccccc8cc76)cc5c5cc6ccccc6cc54)cc3)c2)cc1.c1ccc(-c2ccc(-c3nc4ccccc4nc3-c3ccc(-n4c5ccc(-n6c7ccccc7c7cc8ccccc8cc76)cc5c5cc6ccccc6cc54)cc3)cc2)cc1. The first-order valence-electron chi connectivity index (χ1n) is 44.4. The molecule has 27 rings (SSSR count). The van der Waals surface area contributed by atoms with Gasteiger partial charge >= 0.3 is 0 Å². The number of para-hydroxylation sites is 6. The summed E-state index contributed by atoms with van der Waals surface area (Å²) in [6.07, 6.45) is 0. The fourth-order valence-corrected chi connectivity index (χ4v) is 20.2. The Hall–Kier alpha value is -17.5. The van der Waals surface area contributed by atoms with Crippen LogP contribution < -0.4 is 0 Å². The van der Waals surface area contributed by atoms with Crippen LogP contribution in [0.15, 0.2) is 461 Å². The molecular weight excluding hydrogens is 1580 g/mol. The Balaban J connectivity index is 0.000000137. The molecule has 0 fully saturated rings. The van der Waals surface area contributed by atoms with Crippen LogP contribution in [0.2, 0.25) is 0 Å². The molecule has 0 aliphatic heterocycles.